The quantitative estimate of drug-likeness (QED) is 0.522. The Balaban J connectivity index is 1.53. The molecular weight excluding hydrogens is 420 g/mol. The lowest BCUT2D eigenvalue weighted by molar-refractivity contribution is -0.146. The van der Waals surface area contributed by atoms with Crippen LogP contribution in [-0.2, 0) is 14.3 Å². The van der Waals surface area contributed by atoms with Crippen molar-refractivity contribution in [2.75, 3.05) is 10.6 Å². The van der Waals surface area contributed by atoms with Crippen molar-refractivity contribution < 1.29 is 14.3 Å². The molecule has 3 N–H and O–H groups in total. The predicted octanol–water partition coefficient (Wildman–Crippen LogP) is 3.79. The second-order valence-electron chi connectivity index (χ2n) is 7.10. The average Bonchev–Trinajstić information content (AvgIpc) is 3.19. The molecule has 1 fully saturated rings. The van der Waals surface area contributed by atoms with Crippen molar-refractivity contribution in [1.29, 1.82) is 0 Å². The number of amides is 1. The number of aromatic amines is 1. The van der Waals surface area contributed by atoms with Gasteiger partial charge in [0, 0.05) is 40.4 Å². The van der Waals surface area contributed by atoms with Gasteiger partial charge in [0.15, 0.2) is 6.10 Å². The SMILES string of the molecule is Cc1c(-c2ccc(NC(=O)[C@@H]3CCC(=O)O3)cc2)nc(Nc2ccc(Cl)cc2)[nH]c1=O. The van der Waals surface area contributed by atoms with Crippen LogP contribution in [0.3, 0.4) is 0 Å². The molecule has 0 radical (unpaired) electrons. The van der Waals surface area contributed by atoms with Gasteiger partial charge in [-0.1, -0.05) is 23.7 Å². The van der Waals surface area contributed by atoms with Crippen molar-refractivity contribution in [3.05, 3.63) is 69.5 Å². The minimum atomic E-state index is -0.759. The molecule has 1 aliphatic rings. The van der Waals surface area contributed by atoms with E-state index in [0.29, 0.717) is 39.9 Å². The maximum absolute atomic E-state index is 12.4. The van der Waals surface area contributed by atoms with Crippen LogP contribution in [0.2, 0.25) is 5.02 Å². The molecule has 4 rings (SSSR count). The second-order valence-corrected chi connectivity index (χ2v) is 7.54. The van der Waals surface area contributed by atoms with Gasteiger partial charge in [0.2, 0.25) is 5.95 Å². The van der Waals surface area contributed by atoms with Gasteiger partial charge in [0.1, 0.15) is 0 Å². The highest BCUT2D eigenvalue weighted by Gasteiger charge is 2.29. The van der Waals surface area contributed by atoms with E-state index >= 15 is 0 Å². The number of esters is 1. The maximum Gasteiger partial charge on any atom is 0.306 e. The van der Waals surface area contributed by atoms with Crippen LogP contribution in [0.25, 0.3) is 11.3 Å². The Morgan fingerprint density at radius 3 is 2.42 bits per heavy atom. The lowest BCUT2D eigenvalue weighted by Crippen LogP contribution is -2.27. The Labute approximate surface area is 182 Å². The number of benzene rings is 2. The molecule has 31 heavy (non-hydrogen) atoms. The molecule has 1 atom stereocenters. The van der Waals surface area contributed by atoms with Crippen LogP contribution in [0.15, 0.2) is 53.3 Å². The van der Waals surface area contributed by atoms with E-state index in [1.165, 1.54) is 0 Å². The van der Waals surface area contributed by atoms with Crippen LogP contribution in [0.5, 0.6) is 0 Å². The van der Waals surface area contributed by atoms with Crippen molar-refractivity contribution in [2.24, 2.45) is 0 Å². The van der Waals surface area contributed by atoms with E-state index in [1.807, 2.05) is 0 Å². The topological polar surface area (TPSA) is 113 Å². The van der Waals surface area contributed by atoms with E-state index in [9.17, 15) is 14.4 Å². The molecular formula is C22H19ClN4O4. The van der Waals surface area contributed by atoms with Gasteiger partial charge >= 0.3 is 5.97 Å². The molecule has 2 heterocycles. The van der Waals surface area contributed by atoms with E-state index in [-0.39, 0.29) is 23.9 Å². The molecule has 3 aromatic rings. The van der Waals surface area contributed by atoms with Crippen LogP contribution in [0, 0.1) is 6.92 Å². The van der Waals surface area contributed by atoms with Crippen LogP contribution < -0.4 is 16.2 Å². The number of ether oxygens (including phenoxy) is 1. The van der Waals surface area contributed by atoms with Crippen molar-refractivity contribution in [1.82, 2.24) is 9.97 Å². The number of anilines is 3. The Morgan fingerprint density at radius 1 is 1.10 bits per heavy atom. The molecule has 0 saturated carbocycles. The Bertz CT molecular complexity index is 1190. The van der Waals surface area contributed by atoms with E-state index < -0.39 is 6.10 Å². The van der Waals surface area contributed by atoms with Crippen molar-refractivity contribution >= 4 is 40.8 Å². The second kappa shape index (κ2) is 8.61. The summed E-state index contributed by atoms with van der Waals surface area (Å²) in [6, 6.07) is 14.0. The first kappa shape index (κ1) is 20.6. The lowest BCUT2D eigenvalue weighted by atomic mass is 10.1. The number of rotatable bonds is 5. The van der Waals surface area contributed by atoms with E-state index in [4.69, 9.17) is 16.3 Å². The third-order valence-corrected chi connectivity index (χ3v) is 5.11. The molecule has 0 spiro atoms. The van der Waals surface area contributed by atoms with Gasteiger partial charge in [-0.3, -0.25) is 19.4 Å². The Kier molecular flexibility index (Phi) is 5.73. The summed E-state index contributed by atoms with van der Waals surface area (Å²) in [7, 11) is 0. The number of carbonyl (C=O) groups is 2. The molecule has 1 aliphatic heterocycles. The summed E-state index contributed by atoms with van der Waals surface area (Å²) in [6.45, 7) is 1.69. The first-order valence-corrected chi connectivity index (χ1v) is 10.0. The molecule has 0 aliphatic carbocycles. The third kappa shape index (κ3) is 4.75. The van der Waals surface area contributed by atoms with Crippen LogP contribution in [-0.4, -0.2) is 27.9 Å². The number of hydrogen-bond acceptors (Lipinski definition) is 6. The summed E-state index contributed by atoms with van der Waals surface area (Å²) in [4.78, 5) is 43.0. The van der Waals surface area contributed by atoms with E-state index in [1.54, 1.807) is 55.5 Å². The monoisotopic (exact) mass is 438 g/mol. The highest BCUT2D eigenvalue weighted by molar-refractivity contribution is 6.30. The molecule has 0 unspecified atom stereocenters. The highest BCUT2D eigenvalue weighted by Crippen LogP contribution is 2.24. The molecule has 2 aromatic carbocycles. The average molecular weight is 439 g/mol. The van der Waals surface area contributed by atoms with Crippen molar-refractivity contribution in [2.45, 2.75) is 25.9 Å². The van der Waals surface area contributed by atoms with E-state index in [0.717, 1.165) is 5.69 Å². The number of nitrogens with one attached hydrogen (secondary N) is 3. The minimum Gasteiger partial charge on any atom is -0.452 e. The third-order valence-electron chi connectivity index (χ3n) is 4.86. The molecule has 158 valence electrons. The van der Waals surface area contributed by atoms with Crippen LogP contribution >= 0.6 is 11.6 Å². The maximum atomic E-state index is 12.4. The minimum absolute atomic E-state index is 0.247. The normalized spacial score (nSPS) is 15.4. The number of nitrogens with zero attached hydrogens (tertiary/aromatic N) is 1. The number of carbonyl (C=O) groups excluding carboxylic acids is 2. The first-order chi connectivity index (χ1) is 14.9. The predicted molar refractivity (Wildman–Crippen MR) is 118 cm³/mol. The van der Waals surface area contributed by atoms with Gasteiger partial charge in [-0.05, 0) is 43.3 Å². The van der Waals surface area contributed by atoms with Gasteiger partial charge in [0.05, 0.1) is 5.69 Å². The lowest BCUT2D eigenvalue weighted by Gasteiger charge is -2.12. The molecule has 1 amide bonds. The highest BCUT2D eigenvalue weighted by atomic mass is 35.5. The largest absolute Gasteiger partial charge is 0.452 e. The van der Waals surface area contributed by atoms with Gasteiger partial charge in [-0.15, -0.1) is 0 Å². The van der Waals surface area contributed by atoms with Gasteiger partial charge in [-0.2, -0.15) is 0 Å². The number of H-pyrrole nitrogens is 1. The van der Waals surface area contributed by atoms with Crippen molar-refractivity contribution in [3.8, 4) is 11.3 Å². The summed E-state index contributed by atoms with van der Waals surface area (Å²) < 4.78 is 4.97. The zero-order chi connectivity index (χ0) is 22.0. The summed E-state index contributed by atoms with van der Waals surface area (Å²) in [5.74, 6) is -0.429. The standard InChI is InChI=1S/C22H19ClN4O4/c1-12-19(26-22(27-20(12)29)25-16-8-4-14(23)5-9-16)13-2-6-15(7-3-13)24-21(30)17-10-11-18(28)31-17/h2-9,17H,10-11H2,1H3,(H,24,30)(H2,25,26,27,29)/t17-/m0/s1. The van der Waals surface area contributed by atoms with Crippen LogP contribution in [0.1, 0.15) is 18.4 Å². The number of halogens is 1. The zero-order valence-corrected chi connectivity index (χ0v) is 17.3. The Hall–Kier alpha value is -3.65. The Morgan fingerprint density at radius 2 is 1.77 bits per heavy atom. The van der Waals surface area contributed by atoms with Gasteiger partial charge < -0.3 is 15.4 Å². The molecule has 1 saturated heterocycles. The van der Waals surface area contributed by atoms with Crippen LogP contribution in [0.4, 0.5) is 17.3 Å². The fourth-order valence-corrected chi connectivity index (χ4v) is 3.31. The van der Waals surface area contributed by atoms with Gasteiger partial charge in [-0.25, -0.2) is 4.98 Å². The zero-order valence-electron chi connectivity index (χ0n) is 16.6. The van der Waals surface area contributed by atoms with E-state index in [2.05, 4.69) is 20.6 Å². The summed E-state index contributed by atoms with van der Waals surface area (Å²) in [6.07, 6.45) is -0.135. The summed E-state index contributed by atoms with van der Waals surface area (Å²) in [5.41, 5.74) is 2.72. The molecule has 1 aromatic heterocycles. The molecule has 9 heteroatoms. The van der Waals surface area contributed by atoms with Gasteiger partial charge in [0.25, 0.3) is 11.5 Å². The summed E-state index contributed by atoms with van der Waals surface area (Å²) in [5, 5.41) is 6.39. The number of hydrogen-bond donors (Lipinski definition) is 3. The number of cyclic esters (lactones) is 1. The smallest absolute Gasteiger partial charge is 0.306 e. The van der Waals surface area contributed by atoms with Crippen molar-refractivity contribution in [3.63, 3.8) is 0 Å². The molecule has 8 nitrogen and oxygen atoms in total. The fraction of sp³-hybridized carbons (Fsp3) is 0.182. The molecule has 0 bridgehead atoms. The fourth-order valence-electron chi connectivity index (χ4n) is 3.19. The number of aromatic nitrogens is 2. The summed E-state index contributed by atoms with van der Waals surface area (Å²) >= 11 is 5.90. The first-order valence-electron chi connectivity index (χ1n) is 9.63.